The number of rotatable bonds is 4. The van der Waals surface area contributed by atoms with Gasteiger partial charge in [0.15, 0.2) is 0 Å². The Bertz CT molecular complexity index is 359. The molecule has 0 aromatic carbocycles. The Morgan fingerprint density at radius 3 is 2.76 bits per heavy atom. The highest BCUT2D eigenvalue weighted by Gasteiger charge is 2.25. The summed E-state index contributed by atoms with van der Waals surface area (Å²) in [7, 11) is 0. The van der Waals surface area contributed by atoms with Crippen LogP contribution < -0.4 is 10.1 Å². The minimum absolute atomic E-state index is 0.00985. The Labute approximate surface area is 97.6 Å². The van der Waals surface area contributed by atoms with Crippen molar-refractivity contribution in [2.24, 2.45) is 0 Å². The average molecular weight is 244 g/mol. The molecule has 0 bridgehead atoms. The van der Waals surface area contributed by atoms with Crippen molar-refractivity contribution in [2.45, 2.75) is 38.0 Å². The summed E-state index contributed by atoms with van der Waals surface area (Å²) in [5, 5.41) is 12.7. The zero-order chi connectivity index (χ0) is 12.3. The van der Waals surface area contributed by atoms with Crippen LogP contribution in [0.5, 0.6) is 5.75 Å². The number of nitrogens with zero attached hydrogens (tertiary/aromatic N) is 1. The van der Waals surface area contributed by atoms with E-state index in [9.17, 15) is 13.9 Å². The lowest BCUT2D eigenvalue weighted by Gasteiger charge is -2.17. The van der Waals surface area contributed by atoms with Gasteiger partial charge in [0.2, 0.25) is 0 Å². The number of nitrogens with one attached hydrogen (secondary N) is 1. The lowest BCUT2D eigenvalue weighted by atomic mass is 10.2. The van der Waals surface area contributed by atoms with E-state index in [1.807, 2.05) is 0 Å². The number of halogens is 2. The van der Waals surface area contributed by atoms with Crippen molar-refractivity contribution < 1.29 is 18.6 Å². The van der Waals surface area contributed by atoms with Crippen molar-refractivity contribution in [3.63, 3.8) is 0 Å². The summed E-state index contributed by atoms with van der Waals surface area (Å²) >= 11 is 0. The number of pyridine rings is 1. The van der Waals surface area contributed by atoms with E-state index < -0.39 is 6.61 Å². The van der Waals surface area contributed by atoms with Crippen LogP contribution in [0.1, 0.15) is 19.3 Å². The predicted octanol–water partition coefficient (Wildman–Crippen LogP) is 2.01. The van der Waals surface area contributed by atoms with Crippen molar-refractivity contribution in [1.82, 2.24) is 4.98 Å². The number of aromatic nitrogens is 1. The van der Waals surface area contributed by atoms with Crippen molar-refractivity contribution in [3.05, 3.63) is 18.3 Å². The number of aliphatic hydroxyl groups is 1. The van der Waals surface area contributed by atoms with Crippen LogP contribution in [0.2, 0.25) is 0 Å². The fraction of sp³-hybridized carbons (Fsp3) is 0.545. The van der Waals surface area contributed by atoms with Gasteiger partial charge in [-0.3, -0.25) is 0 Å². The van der Waals surface area contributed by atoms with E-state index in [0.717, 1.165) is 19.3 Å². The first-order chi connectivity index (χ1) is 8.15. The molecule has 0 spiro atoms. The highest BCUT2D eigenvalue weighted by atomic mass is 19.3. The Kier molecular flexibility index (Phi) is 3.73. The van der Waals surface area contributed by atoms with Crippen LogP contribution >= 0.6 is 0 Å². The second-order valence-corrected chi connectivity index (χ2v) is 4.01. The van der Waals surface area contributed by atoms with Gasteiger partial charge in [-0.1, -0.05) is 0 Å². The van der Waals surface area contributed by atoms with Gasteiger partial charge in [-0.2, -0.15) is 8.78 Å². The number of ether oxygens (including phenoxy) is 1. The Morgan fingerprint density at radius 2 is 2.24 bits per heavy atom. The topological polar surface area (TPSA) is 54.4 Å². The molecule has 1 saturated carbocycles. The quantitative estimate of drug-likeness (QED) is 0.850. The summed E-state index contributed by atoms with van der Waals surface area (Å²) in [6, 6.07) is 2.97. The zero-order valence-corrected chi connectivity index (χ0v) is 9.14. The molecule has 0 unspecified atom stereocenters. The number of hydrogen-bond acceptors (Lipinski definition) is 4. The fourth-order valence-electron chi connectivity index (χ4n) is 1.94. The van der Waals surface area contributed by atoms with Crippen molar-refractivity contribution in [2.75, 3.05) is 5.32 Å². The normalized spacial score (nSPS) is 24.0. The standard InChI is InChI=1S/C11H14F2N2O2/c12-11(13)17-7-4-5-10(14-6-7)15-8-2-1-3-9(8)16/h4-6,8-9,11,16H,1-3H2,(H,14,15)/t8-,9+/m1/s1. The van der Waals surface area contributed by atoms with Gasteiger partial charge < -0.3 is 15.2 Å². The van der Waals surface area contributed by atoms with E-state index in [1.54, 1.807) is 6.07 Å². The molecular weight excluding hydrogens is 230 g/mol. The van der Waals surface area contributed by atoms with Gasteiger partial charge in [-0.05, 0) is 31.4 Å². The third-order valence-electron chi connectivity index (χ3n) is 2.77. The molecular formula is C11H14F2N2O2. The molecule has 6 heteroatoms. The van der Waals surface area contributed by atoms with Gasteiger partial charge in [-0.25, -0.2) is 4.98 Å². The zero-order valence-electron chi connectivity index (χ0n) is 9.14. The molecule has 17 heavy (non-hydrogen) atoms. The molecule has 1 heterocycles. The number of aliphatic hydroxyl groups excluding tert-OH is 1. The van der Waals surface area contributed by atoms with E-state index in [1.165, 1.54) is 12.3 Å². The summed E-state index contributed by atoms with van der Waals surface area (Å²) in [6.45, 7) is -2.84. The molecule has 2 atom stereocenters. The van der Waals surface area contributed by atoms with Gasteiger partial charge in [0.1, 0.15) is 11.6 Å². The third-order valence-corrected chi connectivity index (χ3v) is 2.77. The number of anilines is 1. The van der Waals surface area contributed by atoms with Crippen LogP contribution in [-0.2, 0) is 0 Å². The summed E-state index contributed by atoms with van der Waals surface area (Å²) in [5.41, 5.74) is 0. The lowest BCUT2D eigenvalue weighted by molar-refractivity contribution is -0.0500. The van der Waals surface area contributed by atoms with Crippen molar-refractivity contribution in [1.29, 1.82) is 0 Å². The molecule has 0 amide bonds. The van der Waals surface area contributed by atoms with Crippen molar-refractivity contribution >= 4 is 5.82 Å². The van der Waals surface area contributed by atoms with Crippen LogP contribution in [0.15, 0.2) is 18.3 Å². The maximum Gasteiger partial charge on any atom is 0.387 e. The molecule has 0 saturated heterocycles. The first-order valence-electron chi connectivity index (χ1n) is 5.50. The predicted molar refractivity (Wildman–Crippen MR) is 58.1 cm³/mol. The summed E-state index contributed by atoms with van der Waals surface area (Å²) < 4.78 is 28.0. The largest absolute Gasteiger partial charge is 0.433 e. The lowest BCUT2D eigenvalue weighted by Crippen LogP contribution is -2.28. The van der Waals surface area contributed by atoms with Gasteiger partial charge >= 0.3 is 6.61 Å². The molecule has 94 valence electrons. The molecule has 1 aliphatic carbocycles. The molecule has 2 N–H and O–H groups in total. The Hall–Kier alpha value is -1.43. The van der Waals surface area contributed by atoms with Gasteiger partial charge in [-0.15, -0.1) is 0 Å². The molecule has 0 aliphatic heterocycles. The number of alkyl halides is 2. The fourth-order valence-corrected chi connectivity index (χ4v) is 1.94. The second-order valence-electron chi connectivity index (χ2n) is 4.01. The first-order valence-corrected chi connectivity index (χ1v) is 5.50. The first kappa shape index (κ1) is 12.0. The summed E-state index contributed by atoms with van der Waals surface area (Å²) in [5.74, 6) is 0.579. The number of hydrogen-bond donors (Lipinski definition) is 2. The Balaban J connectivity index is 1.93. The smallest absolute Gasteiger partial charge is 0.387 e. The van der Waals surface area contributed by atoms with E-state index in [0.29, 0.717) is 5.82 Å². The SMILES string of the molecule is O[C@H]1CCC[C@H]1Nc1ccc(OC(F)F)cn1. The molecule has 2 rings (SSSR count). The minimum Gasteiger partial charge on any atom is -0.433 e. The second kappa shape index (κ2) is 5.27. The van der Waals surface area contributed by atoms with Crippen LogP contribution in [0, 0.1) is 0 Å². The summed E-state index contributed by atoms with van der Waals surface area (Å²) in [6.07, 6.45) is 3.51. The molecule has 0 radical (unpaired) electrons. The van der Waals surface area contributed by atoms with E-state index in [-0.39, 0.29) is 17.9 Å². The summed E-state index contributed by atoms with van der Waals surface area (Å²) in [4.78, 5) is 3.95. The van der Waals surface area contributed by atoms with Crippen LogP contribution in [0.25, 0.3) is 0 Å². The van der Waals surface area contributed by atoms with E-state index in [4.69, 9.17) is 0 Å². The molecule has 4 nitrogen and oxygen atoms in total. The Morgan fingerprint density at radius 1 is 1.41 bits per heavy atom. The van der Waals surface area contributed by atoms with Gasteiger partial charge in [0, 0.05) is 0 Å². The molecule has 1 aromatic heterocycles. The maximum atomic E-state index is 11.9. The van der Waals surface area contributed by atoms with Crippen molar-refractivity contribution in [3.8, 4) is 5.75 Å². The molecule has 1 fully saturated rings. The third kappa shape index (κ3) is 3.26. The monoisotopic (exact) mass is 244 g/mol. The van der Waals surface area contributed by atoms with E-state index >= 15 is 0 Å². The highest BCUT2D eigenvalue weighted by molar-refractivity contribution is 5.39. The maximum absolute atomic E-state index is 11.9. The van der Waals surface area contributed by atoms with Gasteiger partial charge in [0.05, 0.1) is 18.3 Å². The van der Waals surface area contributed by atoms with Crippen LogP contribution in [0.4, 0.5) is 14.6 Å². The van der Waals surface area contributed by atoms with E-state index in [2.05, 4.69) is 15.0 Å². The van der Waals surface area contributed by atoms with Crippen LogP contribution in [-0.4, -0.2) is 28.8 Å². The molecule has 1 aliphatic rings. The molecule has 1 aromatic rings. The highest BCUT2D eigenvalue weighted by Crippen LogP contribution is 2.23. The van der Waals surface area contributed by atoms with Gasteiger partial charge in [0.25, 0.3) is 0 Å². The average Bonchev–Trinajstić information content (AvgIpc) is 2.67. The van der Waals surface area contributed by atoms with Crippen LogP contribution in [0.3, 0.4) is 0 Å². The minimum atomic E-state index is -2.84.